The van der Waals surface area contributed by atoms with Crippen molar-refractivity contribution in [1.82, 2.24) is 10.6 Å². The molecule has 2 aromatic rings. The summed E-state index contributed by atoms with van der Waals surface area (Å²) < 4.78 is 91.2. The van der Waals surface area contributed by atoms with Crippen LogP contribution >= 0.6 is 39.1 Å². The van der Waals surface area contributed by atoms with Crippen LogP contribution in [-0.4, -0.2) is 30.7 Å². The summed E-state index contributed by atoms with van der Waals surface area (Å²) in [6.45, 7) is 1.58. The highest BCUT2D eigenvalue weighted by Crippen LogP contribution is 2.39. The molecule has 0 spiro atoms. The second-order valence-electron chi connectivity index (χ2n) is 7.15. The zero-order valence-corrected chi connectivity index (χ0v) is 20.7. The Morgan fingerprint density at radius 1 is 1.06 bits per heavy atom. The molecule has 2 rings (SSSR count). The molecule has 2 aromatic carbocycles. The maximum absolute atomic E-state index is 13.6. The molecule has 2 amide bonds. The highest BCUT2D eigenvalue weighted by atomic mass is 79.9. The first-order chi connectivity index (χ1) is 16.5. The molecule has 2 N–H and O–H groups in total. The van der Waals surface area contributed by atoms with Crippen molar-refractivity contribution in [1.29, 1.82) is 0 Å². The maximum Gasteiger partial charge on any atom is 0.405 e. The molecule has 0 fully saturated rings. The van der Waals surface area contributed by atoms with Gasteiger partial charge in [-0.05, 0) is 51.3 Å². The van der Waals surface area contributed by atoms with Gasteiger partial charge in [0, 0.05) is 4.47 Å². The number of hydrogen-bond donors (Lipinski definition) is 2. The molecular formula is C22H14BrCl2F7N2O2. The lowest BCUT2D eigenvalue weighted by atomic mass is 9.96. The lowest BCUT2D eigenvalue weighted by molar-refractivity contribution is -0.139. The van der Waals surface area contributed by atoms with Gasteiger partial charge < -0.3 is 10.6 Å². The minimum Gasteiger partial charge on any atom is -0.342 e. The average Bonchev–Trinajstić information content (AvgIpc) is 2.74. The molecule has 0 saturated heterocycles. The molecule has 0 heterocycles. The van der Waals surface area contributed by atoms with Gasteiger partial charge in [0.15, 0.2) is 5.82 Å². The fourth-order valence-corrected chi connectivity index (χ4v) is 3.82. The van der Waals surface area contributed by atoms with Crippen LogP contribution in [-0.2, 0) is 4.79 Å². The van der Waals surface area contributed by atoms with Crippen LogP contribution in [0, 0.1) is 5.82 Å². The van der Waals surface area contributed by atoms with E-state index in [1.165, 1.54) is 23.5 Å². The van der Waals surface area contributed by atoms with E-state index in [9.17, 15) is 40.3 Å². The van der Waals surface area contributed by atoms with E-state index < -0.39 is 63.8 Å². The van der Waals surface area contributed by atoms with Crippen molar-refractivity contribution in [3.63, 3.8) is 0 Å². The van der Waals surface area contributed by atoms with Gasteiger partial charge >= 0.3 is 12.4 Å². The Kier molecular flexibility index (Phi) is 9.60. The number of hydrogen-bond acceptors (Lipinski definition) is 2. The average molecular weight is 622 g/mol. The van der Waals surface area contributed by atoms with Crippen LogP contribution in [0.25, 0.3) is 6.08 Å². The van der Waals surface area contributed by atoms with Crippen LogP contribution in [0.1, 0.15) is 27.4 Å². The van der Waals surface area contributed by atoms with Gasteiger partial charge in [0.25, 0.3) is 11.8 Å². The fraction of sp³-hybridized carbons (Fsp3) is 0.182. The largest absolute Gasteiger partial charge is 0.405 e. The third-order valence-electron chi connectivity index (χ3n) is 4.42. The van der Waals surface area contributed by atoms with Crippen LogP contribution in [0.2, 0.25) is 10.0 Å². The van der Waals surface area contributed by atoms with Crippen molar-refractivity contribution in [2.24, 2.45) is 0 Å². The highest BCUT2D eigenvalue weighted by molar-refractivity contribution is 9.10. The van der Waals surface area contributed by atoms with Crippen molar-refractivity contribution in [2.45, 2.75) is 18.3 Å². The summed E-state index contributed by atoms with van der Waals surface area (Å²) in [5.74, 6) is -5.40. The first-order valence-corrected chi connectivity index (χ1v) is 11.1. The van der Waals surface area contributed by atoms with Gasteiger partial charge in [-0.1, -0.05) is 48.0 Å². The smallest absolute Gasteiger partial charge is 0.342 e. The number of allylic oxidation sites excluding steroid dienone is 1. The molecule has 0 radical (unpaired) electrons. The van der Waals surface area contributed by atoms with Crippen molar-refractivity contribution in [3.8, 4) is 0 Å². The number of benzene rings is 2. The standard InChI is InChI=1S/C22H14BrCl2F7N2O2/c1-10(19(35)33-9-21(27,28)29)34-20(36)13-4-2-11(6-15(13)23)3-5-14(22(30,31)32)12-7-16(24)18(26)17(25)8-12/h2-8,14H,1,9H2,(H,33,35)(H,34,36)/b5-3+. The van der Waals surface area contributed by atoms with Crippen molar-refractivity contribution in [3.05, 3.63) is 85.7 Å². The van der Waals surface area contributed by atoms with E-state index in [1.807, 2.05) is 5.32 Å². The summed E-state index contributed by atoms with van der Waals surface area (Å²) in [6, 6.07) is 5.39. The molecule has 1 atom stereocenters. The Morgan fingerprint density at radius 3 is 2.14 bits per heavy atom. The molecule has 194 valence electrons. The Bertz CT molecular complexity index is 1190. The number of rotatable bonds is 7. The van der Waals surface area contributed by atoms with Gasteiger partial charge in [0.05, 0.1) is 27.2 Å². The number of alkyl halides is 6. The molecular weight excluding hydrogens is 608 g/mol. The van der Waals surface area contributed by atoms with E-state index in [2.05, 4.69) is 22.5 Å². The molecule has 0 aromatic heterocycles. The quantitative estimate of drug-likeness (QED) is 0.196. The van der Waals surface area contributed by atoms with E-state index in [-0.39, 0.29) is 15.6 Å². The van der Waals surface area contributed by atoms with Crippen LogP contribution in [0.15, 0.2) is 53.2 Å². The second kappa shape index (κ2) is 11.7. The summed E-state index contributed by atoms with van der Waals surface area (Å²) in [6.07, 6.45) is -7.55. The molecule has 0 aliphatic carbocycles. The number of amides is 2. The van der Waals surface area contributed by atoms with Crippen LogP contribution in [0.5, 0.6) is 0 Å². The Hall–Kier alpha value is -2.57. The molecule has 0 saturated carbocycles. The Labute approximate surface area is 218 Å². The molecule has 36 heavy (non-hydrogen) atoms. The summed E-state index contributed by atoms with van der Waals surface area (Å²) in [5, 5.41) is 2.42. The molecule has 0 aliphatic rings. The Balaban J connectivity index is 2.20. The monoisotopic (exact) mass is 620 g/mol. The van der Waals surface area contributed by atoms with Gasteiger partial charge in [-0.25, -0.2) is 4.39 Å². The van der Waals surface area contributed by atoms with E-state index in [1.54, 1.807) is 0 Å². The first kappa shape index (κ1) is 29.7. The van der Waals surface area contributed by atoms with E-state index in [0.717, 1.165) is 24.3 Å². The lowest BCUT2D eigenvalue weighted by Crippen LogP contribution is -2.39. The molecule has 1 unspecified atom stereocenters. The Morgan fingerprint density at radius 2 is 1.64 bits per heavy atom. The predicted octanol–water partition coefficient (Wildman–Crippen LogP) is 7.18. The number of halogens is 10. The van der Waals surface area contributed by atoms with E-state index >= 15 is 0 Å². The van der Waals surface area contributed by atoms with Gasteiger partial charge in [-0.2, -0.15) is 26.3 Å². The van der Waals surface area contributed by atoms with Gasteiger partial charge in [-0.3, -0.25) is 9.59 Å². The highest BCUT2D eigenvalue weighted by Gasteiger charge is 2.39. The van der Waals surface area contributed by atoms with E-state index in [0.29, 0.717) is 0 Å². The zero-order valence-electron chi connectivity index (χ0n) is 17.6. The summed E-state index contributed by atoms with van der Waals surface area (Å²) in [5.41, 5.74) is -0.910. The molecule has 14 heteroatoms. The number of carbonyl (C=O) groups is 2. The summed E-state index contributed by atoms with van der Waals surface area (Å²) >= 11 is 14.3. The van der Waals surface area contributed by atoms with Gasteiger partial charge in [0.1, 0.15) is 6.54 Å². The second-order valence-corrected chi connectivity index (χ2v) is 8.82. The zero-order chi connectivity index (χ0) is 27.4. The molecule has 0 aliphatic heterocycles. The summed E-state index contributed by atoms with van der Waals surface area (Å²) in [7, 11) is 0. The van der Waals surface area contributed by atoms with Crippen molar-refractivity contribution >= 4 is 57.0 Å². The maximum atomic E-state index is 13.6. The van der Waals surface area contributed by atoms with Gasteiger partial charge in [-0.15, -0.1) is 0 Å². The van der Waals surface area contributed by atoms with Crippen LogP contribution < -0.4 is 10.6 Å². The minimum atomic E-state index is -4.77. The number of nitrogens with one attached hydrogen (secondary N) is 2. The predicted molar refractivity (Wildman–Crippen MR) is 124 cm³/mol. The summed E-state index contributed by atoms with van der Waals surface area (Å²) in [4.78, 5) is 24.0. The molecule has 4 nitrogen and oxygen atoms in total. The number of carbonyl (C=O) groups excluding carboxylic acids is 2. The SMILES string of the molecule is C=C(NC(=O)c1ccc(/C=C/C(c2cc(Cl)c(F)c(Cl)c2)C(F)(F)F)cc1Br)C(=O)NCC(F)(F)F. The fourth-order valence-electron chi connectivity index (χ4n) is 2.74. The van der Waals surface area contributed by atoms with Gasteiger partial charge in [0.2, 0.25) is 0 Å². The van der Waals surface area contributed by atoms with Crippen LogP contribution in [0.4, 0.5) is 30.7 Å². The molecule has 0 bridgehead atoms. The third-order valence-corrected chi connectivity index (χ3v) is 5.63. The normalized spacial score (nSPS) is 12.9. The van der Waals surface area contributed by atoms with E-state index in [4.69, 9.17) is 23.2 Å². The lowest BCUT2D eigenvalue weighted by Gasteiger charge is -2.18. The van der Waals surface area contributed by atoms with Crippen molar-refractivity contribution in [2.75, 3.05) is 6.54 Å². The topological polar surface area (TPSA) is 58.2 Å². The first-order valence-electron chi connectivity index (χ1n) is 9.53. The van der Waals surface area contributed by atoms with Crippen molar-refractivity contribution < 1.29 is 40.3 Å². The third kappa shape index (κ3) is 8.24. The minimum absolute atomic E-state index is 0.0820. The van der Waals surface area contributed by atoms with Crippen LogP contribution in [0.3, 0.4) is 0 Å².